The molecule has 17 heavy (non-hydrogen) atoms. The van der Waals surface area contributed by atoms with Gasteiger partial charge < -0.3 is 15.4 Å². The standard InChI is InChI=1S/C10H19N5O.HI/c1-11-10(12-5-3-7-16-2)13-8-9-4-6-14-15-9;/h4,6H,3,5,7-8H2,1-2H3,(H,14,15)(H2,11,12,13);1H. The third-order valence-corrected chi connectivity index (χ3v) is 2.05. The molecule has 0 bridgehead atoms. The monoisotopic (exact) mass is 353 g/mol. The molecule has 0 unspecified atom stereocenters. The first-order valence-corrected chi connectivity index (χ1v) is 5.28. The van der Waals surface area contributed by atoms with Gasteiger partial charge in [-0.3, -0.25) is 10.1 Å². The average Bonchev–Trinajstić information content (AvgIpc) is 2.81. The van der Waals surface area contributed by atoms with Crippen LogP contribution in [-0.4, -0.2) is 43.5 Å². The zero-order chi connectivity index (χ0) is 11.6. The van der Waals surface area contributed by atoms with Gasteiger partial charge in [-0.05, 0) is 12.5 Å². The number of halogens is 1. The van der Waals surface area contributed by atoms with Crippen LogP contribution in [0.15, 0.2) is 17.3 Å². The minimum absolute atomic E-state index is 0. The lowest BCUT2D eigenvalue weighted by atomic mass is 10.4. The Balaban J connectivity index is 0.00000256. The van der Waals surface area contributed by atoms with Crippen molar-refractivity contribution >= 4 is 29.9 Å². The maximum atomic E-state index is 4.96. The number of rotatable bonds is 6. The van der Waals surface area contributed by atoms with Gasteiger partial charge in [0.25, 0.3) is 0 Å². The van der Waals surface area contributed by atoms with Crippen LogP contribution in [0.4, 0.5) is 0 Å². The fourth-order valence-corrected chi connectivity index (χ4v) is 1.21. The van der Waals surface area contributed by atoms with Crippen LogP contribution in [0.1, 0.15) is 12.1 Å². The van der Waals surface area contributed by atoms with Gasteiger partial charge in [0.15, 0.2) is 5.96 Å². The van der Waals surface area contributed by atoms with E-state index in [1.54, 1.807) is 20.4 Å². The number of nitrogens with zero attached hydrogens (tertiary/aromatic N) is 2. The normalized spacial score (nSPS) is 10.8. The SMILES string of the molecule is CN=C(NCCCOC)NCc1ccn[nH]1.I. The Morgan fingerprint density at radius 3 is 2.94 bits per heavy atom. The van der Waals surface area contributed by atoms with Gasteiger partial charge in [0, 0.05) is 33.5 Å². The fourth-order valence-electron chi connectivity index (χ4n) is 1.21. The quantitative estimate of drug-likeness (QED) is 0.305. The number of nitrogens with one attached hydrogen (secondary N) is 3. The van der Waals surface area contributed by atoms with Crippen molar-refractivity contribution in [2.45, 2.75) is 13.0 Å². The summed E-state index contributed by atoms with van der Waals surface area (Å²) in [7, 11) is 3.45. The zero-order valence-electron chi connectivity index (χ0n) is 10.2. The number of guanidine groups is 1. The Morgan fingerprint density at radius 1 is 1.53 bits per heavy atom. The van der Waals surface area contributed by atoms with Crippen LogP contribution in [0.5, 0.6) is 0 Å². The van der Waals surface area contributed by atoms with Crippen molar-refractivity contribution in [3.05, 3.63) is 18.0 Å². The largest absolute Gasteiger partial charge is 0.385 e. The summed E-state index contributed by atoms with van der Waals surface area (Å²) in [4.78, 5) is 4.10. The minimum Gasteiger partial charge on any atom is -0.385 e. The summed E-state index contributed by atoms with van der Waals surface area (Å²) in [5.74, 6) is 0.783. The van der Waals surface area contributed by atoms with Gasteiger partial charge in [0.1, 0.15) is 0 Å². The van der Waals surface area contributed by atoms with E-state index in [0.717, 1.165) is 31.2 Å². The minimum atomic E-state index is 0. The number of H-pyrrole nitrogens is 1. The molecule has 0 radical (unpaired) electrons. The first kappa shape index (κ1) is 16.2. The Hall–Kier alpha value is -0.830. The van der Waals surface area contributed by atoms with E-state index in [4.69, 9.17) is 4.74 Å². The first-order chi connectivity index (χ1) is 7.86. The molecule has 0 aliphatic rings. The van der Waals surface area contributed by atoms with Crippen LogP contribution in [0, 0.1) is 0 Å². The van der Waals surface area contributed by atoms with E-state index < -0.39 is 0 Å². The predicted octanol–water partition coefficient (Wildman–Crippen LogP) is 0.729. The van der Waals surface area contributed by atoms with E-state index in [0.29, 0.717) is 6.54 Å². The predicted molar refractivity (Wildman–Crippen MR) is 78.7 cm³/mol. The molecular weight excluding hydrogens is 333 g/mol. The highest BCUT2D eigenvalue weighted by Gasteiger charge is 1.97. The van der Waals surface area contributed by atoms with Crippen molar-refractivity contribution in [1.82, 2.24) is 20.8 Å². The number of hydrogen-bond donors (Lipinski definition) is 3. The molecule has 0 aliphatic carbocycles. The van der Waals surface area contributed by atoms with Crippen molar-refractivity contribution in [3.63, 3.8) is 0 Å². The molecule has 0 atom stereocenters. The van der Waals surface area contributed by atoms with Gasteiger partial charge in [0.05, 0.1) is 12.2 Å². The molecule has 1 aromatic rings. The highest BCUT2D eigenvalue weighted by Crippen LogP contribution is 1.89. The molecule has 0 saturated heterocycles. The van der Waals surface area contributed by atoms with Gasteiger partial charge in [-0.25, -0.2) is 0 Å². The summed E-state index contributed by atoms with van der Waals surface area (Å²) >= 11 is 0. The smallest absolute Gasteiger partial charge is 0.191 e. The fraction of sp³-hybridized carbons (Fsp3) is 0.600. The van der Waals surface area contributed by atoms with Crippen molar-refractivity contribution in [2.75, 3.05) is 27.3 Å². The lowest BCUT2D eigenvalue weighted by Gasteiger charge is -2.10. The maximum absolute atomic E-state index is 4.96. The summed E-state index contributed by atoms with van der Waals surface area (Å²) in [5, 5.41) is 13.1. The molecule has 0 aliphatic heterocycles. The molecule has 1 rings (SSSR count). The zero-order valence-corrected chi connectivity index (χ0v) is 12.5. The van der Waals surface area contributed by atoms with Gasteiger partial charge in [0.2, 0.25) is 0 Å². The highest BCUT2D eigenvalue weighted by molar-refractivity contribution is 14.0. The Morgan fingerprint density at radius 2 is 2.35 bits per heavy atom. The van der Waals surface area contributed by atoms with E-state index in [-0.39, 0.29) is 24.0 Å². The molecule has 0 spiro atoms. The molecule has 0 saturated carbocycles. The van der Waals surface area contributed by atoms with Crippen LogP contribution in [0.25, 0.3) is 0 Å². The second-order valence-corrected chi connectivity index (χ2v) is 3.28. The third-order valence-electron chi connectivity index (χ3n) is 2.05. The third kappa shape index (κ3) is 7.16. The second-order valence-electron chi connectivity index (χ2n) is 3.28. The van der Waals surface area contributed by atoms with Gasteiger partial charge in [-0.1, -0.05) is 0 Å². The molecule has 0 aromatic carbocycles. The van der Waals surface area contributed by atoms with Crippen LogP contribution < -0.4 is 10.6 Å². The van der Waals surface area contributed by atoms with E-state index >= 15 is 0 Å². The summed E-state index contributed by atoms with van der Waals surface area (Å²) in [6.45, 7) is 2.28. The molecule has 6 nitrogen and oxygen atoms in total. The van der Waals surface area contributed by atoms with E-state index in [2.05, 4.69) is 25.8 Å². The molecule has 7 heteroatoms. The number of aliphatic imine (C=N–C) groups is 1. The van der Waals surface area contributed by atoms with E-state index in [9.17, 15) is 0 Å². The number of ether oxygens (including phenoxy) is 1. The van der Waals surface area contributed by atoms with Crippen molar-refractivity contribution in [2.24, 2.45) is 4.99 Å². The van der Waals surface area contributed by atoms with Gasteiger partial charge >= 0.3 is 0 Å². The van der Waals surface area contributed by atoms with Crippen molar-refractivity contribution in [1.29, 1.82) is 0 Å². The Bertz CT molecular complexity index is 302. The highest BCUT2D eigenvalue weighted by atomic mass is 127. The molecular formula is C10H20IN5O. The van der Waals surface area contributed by atoms with E-state index in [1.807, 2.05) is 6.07 Å². The van der Waals surface area contributed by atoms with E-state index in [1.165, 1.54) is 0 Å². The molecule has 1 heterocycles. The summed E-state index contributed by atoms with van der Waals surface area (Å²) in [5.41, 5.74) is 1.03. The summed E-state index contributed by atoms with van der Waals surface area (Å²) < 4.78 is 4.96. The maximum Gasteiger partial charge on any atom is 0.191 e. The first-order valence-electron chi connectivity index (χ1n) is 5.28. The molecule has 98 valence electrons. The lowest BCUT2D eigenvalue weighted by Crippen LogP contribution is -2.37. The topological polar surface area (TPSA) is 74.3 Å². The molecule has 1 aromatic heterocycles. The molecule has 0 amide bonds. The number of hydrogen-bond acceptors (Lipinski definition) is 3. The summed E-state index contributed by atoms with van der Waals surface area (Å²) in [6.07, 6.45) is 2.69. The number of methoxy groups -OCH3 is 1. The van der Waals surface area contributed by atoms with Gasteiger partial charge in [-0.15, -0.1) is 24.0 Å². The molecule has 3 N–H and O–H groups in total. The van der Waals surface area contributed by atoms with Gasteiger partial charge in [-0.2, -0.15) is 5.10 Å². The average molecular weight is 353 g/mol. The van der Waals surface area contributed by atoms with Crippen LogP contribution >= 0.6 is 24.0 Å². The van der Waals surface area contributed by atoms with Crippen molar-refractivity contribution in [3.8, 4) is 0 Å². The van der Waals surface area contributed by atoms with Crippen LogP contribution in [0.3, 0.4) is 0 Å². The number of aromatic amines is 1. The summed E-state index contributed by atoms with van der Waals surface area (Å²) in [6, 6.07) is 1.92. The van der Waals surface area contributed by atoms with Crippen LogP contribution in [-0.2, 0) is 11.3 Å². The second kappa shape index (κ2) is 10.3. The Kier molecular flexibility index (Phi) is 9.83. The number of aromatic nitrogens is 2. The van der Waals surface area contributed by atoms with Crippen molar-refractivity contribution < 1.29 is 4.74 Å². The van der Waals surface area contributed by atoms with Crippen LogP contribution in [0.2, 0.25) is 0 Å². The Labute approximate surface area is 119 Å². The molecule has 0 fully saturated rings. The lowest BCUT2D eigenvalue weighted by molar-refractivity contribution is 0.195.